The Kier molecular flexibility index (Phi) is 7.28. The van der Waals surface area contributed by atoms with Gasteiger partial charge in [-0.1, -0.05) is 25.1 Å². The van der Waals surface area contributed by atoms with E-state index < -0.39 is 0 Å². The Hall–Kier alpha value is -2.50. The van der Waals surface area contributed by atoms with Gasteiger partial charge in [-0.05, 0) is 44.4 Å². The van der Waals surface area contributed by atoms with E-state index in [2.05, 4.69) is 54.5 Å². The number of aromatic nitrogens is 2. The van der Waals surface area contributed by atoms with Gasteiger partial charge in [-0.3, -0.25) is 9.67 Å². The van der Waals surface area contributed by atoms with Crippen LogP contribution in [0.5, 0.6) is 5.75 Å². The lowest BCUT2D eigenvalue weighted by molar-refractivity contribution is 0.406. The van der Waals surface area contributed by atoms with E-state index in [0.29, 0.717) is 5.92 Å². The monoisotopic (exact) mass is 371 g/mol. The van der Waals surface area contributed by atoms with Gasteiger partial charge in [0, 0.05) is 38.3 Å². The fourth-order valence-electron chi connectivity index (χ4n) is 3.33. The van der Waals surface area contributed by atoms with Crippen molar-refractivity contribution in [3.63, 3.8) is 0 Å². The molecular weight excluding hydrogens is 338 g/mol. The minimum absolute atomic E-state index is 0.249. The van der Waals surface area contributed by atoms with Gasteiger partial charge >= 0.3 is 0 Å². The maximum absolute atomic E-state index is 5.47. The molecule has 0 bridgehead atoms. The maximum Gasteiger partial charge on any atom is 0.191 e. The summed E-state index contributed by atoms with van der Waals surface area (Å²) in [5.41, 5.74) is 4.80. The van der Waals surface area contributed by atoms with Crippen LogP contribution in [0.25, 0.3) is 0 Å². The fourth-order valence-corrected chi connectivity index (χ4v) is 3.33. The number of methoxy groups -OCH3 is 1. The van der Waals surface area contributed by atoms with Crippen LogP contribution in [0.2, 0.25) is 0 Å². The molecule has 0 amide bonds. The second-order valence-electron chi connectivity index (χ2n) is 7.12. The highest BCUT2D eigenvalue weighted by Gasteiger charge is 2.15. The Labute approximate surface area is 163 Å². The summed E-state index contributed by atoms with van der Waals surface area (Å²) in [6.45, 7) is 9.31. The van der Waals surface area contributed by atoms with Crippen LogP contribution >= 0.6 is 0 Å². The van der Waals surface area contributed by atoms with Gasteiger partial charge in [0.2, 0.25) is 0 Å². The molecule has 148 valence electrons. The molecule has 0 radical (unpaired) electrons. The van der Waals surface area contributed by atoms with Gasteiger partial charge in [-0.2, -0.15) is 5.10 Å². The number of para-hydroxylation sites is 1. The highest BCUT2D eigenvalue weighted by atomic mass is 16.5. The third kappa shape index (κ3) is 5.25. The van der Waals surface area contributed by atoms with Crippen molar-refractivity contribution in [2.45, 2.75) is 46.1 Å². The van der Waals surface area contributed by atoms with E-state index in [0.717, 1.165) is 30.4 Å². The Balaban J connectivity index is 1.93. The molecule has 0 aliphatic rings. The van der Waals surface area contributed by atoms with E-state index in [-0.39, 0.29) is 6.04 Å². The number of aliphatic imine (C=N–C) groups is 1. The van der Waals surface area contributed by atoms with Crippen LogP contribution in [0.3, 0.4) is 0 Å². The number of rotatable bonds is 7. The lowest BCUT2D eigenvalue weighted by Crippen LogP contribution is -2.44. The zero-order valence-corrected chi connectivity index (χ0v) is 17.6. The fraction of sp³-hybridized carbons (Fsp3) is 0.524. The van der Waals surface area contributed by atoms with Gasteiger partial charge in [0.15, 0.2) is 5.96 Å². The first-order valence-electron chi connectivity index (χ1n) is 9.46. The molecule has 2 unspecified atom stereocenters. The average Bonchev–Trinajstić information content (AvgIpc) is 2.90. The predicted octanol–water partition coefficient (Wildman–Crippen LogP) is 2.95. The summed E-state index contributed by atoms with van der Waals surface area (Å²) in [7, 11) is 5.50. The van der Waals surface area contributed by atoms with Gasteiger partial charge in [-0.25, -0.2) is 0 Å². The lowest BCUT2D eigenvalue weighted by atomic mass is 10.00. The number of aryl methyl sites for hydroxylation is 2. The molecule has 1 heterocycles. The van der Waals surface area contributed by atoms with E-state index in [9.17, 15) is 0 Å². The molecule has 2 N–H and O–H groups in total. The molecule has 27 heavy (non-hydrogen) atoms. The van der Waals surface area contributed by atoms with Crippen LogP contribution < -0.4 is 15.4 Å². The summed E-state index contributed by atoms with van der Waals surface area (Å²) < 4.78 is 7.42. The van der Waals surface area contributed by atoms with Crippen molar-refractivity contribution in [2.24, 2.45) is 12.0 Å². The summed E-state index contributed by atoms with van der Waals surface area (Å²) in [4.78, 5) is 4.37. The minimum atomic E-state index is 0.249. The predicted molar refractivity (Wildman–Crippen MR) is 112 cm³/mol. The van der Waals surface area contributed by atoms with E-state index in [1.165, 1.54) is 16.8 Å². The minimum Gasteiger partial charge on any atom is -0.496 e. The van der Waals surface area contributed by atoms with E-state index >= 15 is 0 Å². The molecule has 2 rings (SSSR count). The van der Waals surface area contributed by atoms with Crippen LogP contribution in [-0.4, -0.2) is 42.5 Å². The topological polar surface area (TPSA) is 63.5 Å². The Morgan fingerprint density at radius 3 is 2.56 bits per heavy atom. The maximum atomic E-state index is 5.47. The van der Waals surface area contributed by atoms with Crippen LogP contribution in [0.15, 0.2) is 29.3 Å². The third-order valence-corrected chi connectivity index (χ3v) is 5.02. The number of hydrogen-bond donors (Lipinski definition) is 2. The van der Waals surface area contributed by atoms with Crippen molar-refractivity contribution in [3.05, 3.63) is 46.8 Å². The van der Waals surface area contributed by atoms with Crippen molar-refractivity contribution in [3.8, 4) is 5.75 Å². The molecule has 0 saturated carbocycles. The van der Waals surface area contributed by atoms with Gasteiger partial charge < -0.3 is 15.4 Å². The zero-order valence-electron chi connectivity index (χ0n) is 17.6. The van der Waals surface area contributed by atoms with E-state index in [1.54, 1.807) is 14.2 Å². The van der Waals surface area contributed by atoms with Crippen molar-refractivity contribution in [1.29, 1.82) is 0 Å². The first kappa shape index (κ1) is 20.8. The smallest absolute Gasteiger partial charge is 0.191 e. The largest absolute Gasteiger partial charge is 0.496 e. The number of benzene rings is 1. The average molecular weight is 372 g/mol. The van der Waals surface area contributed by atoms with Gasteiger partial charge in [0.1, 0.15) is 5.75 Å². The highest BCUT2D eigenvalue weighted by Crippen LogP contribution is 2.25. The molecule has 0 saturated heterocycles. The van der Waals surface area contributed by atoms with Crippen LogP contribution in [0.4, 0.5) is 0 Å². The van der Waals surface area contributed by atoms with Gasteiger partial charge in [-0.15, -0.1) is 0 Å². The molecule has 6 nitrogen and oxygen atoms in total. The SMILES string of the molecule is CN=C(NCC(C)c1ccccc1OC)NC(C)Cc1c(C)nn(C)c1C. The molecule has 6 heteroatoms. The quantitative estimate of drug-likeness (QED) is 0.580. The zero-order chi connectivity index (χ0) is 20.0. The van der Waals surface area contributed by atoms with Crippen LogP contribution in [-0.2, 0) is 13.5 Å². The number of guanidine groups is 1. The van der Waals surface area contributed by atoms with E-state index in [1.807, 2.05) is 29.9 Å². The van der Waals surface area contributed by atoms with Crippen molar-refractivity contribution in [1.82, 2.24) is 20.4 Å². The first-order valence-corrected chi connectivity index (χ1v) is 9.46. The molecule has 0 aliphatic carbocycles. The van der Waals surface area contributed by atoms with Crippen LogP contribution in [0, 0.1) is 13.8 Å². The Morgan fingerprint density at radius 2 is 1.96 bits per heavy atom. The summed E-state index contributed by atoms with van der Waals surface area (Å²) >= 11 is 0. The standard InChI is InChI=1S/C21H33N5O/c1-14(18-10-8-9-11-20(18)27-7)13-23-21(22-5)24-15(2)12-19-16(3)25-26(6)17(19)4/h8-11,14-15H,12-13H2,1-7H3,(H2,22,23,24). The molecule has 1 aromatic carbocycles. The lowest BCUT2D eigenvalue weighted by Gasteiger charge is -2.21. The Bertz CT molecular complexity index is 781. The van der Waals surface area contributed by atoms with Crippen LogP contribution in [0.1, 0.15) is 42.3 Å². The van der Waals surface area contributed by atoms with Crippen molar-refractivity contribution >= 4 is 5.96 Å². The molecule has 0 spiro atoms. The normalized spacial score (nSPS) is 14.0. The number of ether oxygens (including phenoxy) is 1. The Morgan fingerprint density at radius 1 is 1.26 bits per heavy atom. The number of hydrogen-bond acceptors (Lipinski definition) is 3. The third-order valence-electron chi connectivity index (χ3n) is 5.02. The molecule has 2 aromatic rings. The highest BCUT2D eigenvalue weighted by molar-refractivity contribution is 5.80. The van der Waals surface area contributed by atoms with E-state index in [4.69, 9.17) is 4.74 Å². The summed E-state index contributed by atoms with van der Waals surface area (Å²) in [6, 6.07) is 8.39. The van der Waals surface area contributed by atoms with Crippen molar-refractivity contribution in [2.75, 3.05) is 20.7 Å². The first-order chi connectivity index (χ1) is 12.9. The second-order valence-corrected chi connectivity index (χ2v) is 7.12. The van der Waals surface area contributed by atoms with Gasteiger partial charge in [0.25, 0.3) is 0 Å². The number of nitrogens with zero attached hydrogens (tertiary/aromatic N) is 3. The van der Waals surface area contributed by atoms with Gasteiger partial charge in [0.05, 0.1) is 12.8 Å². The molecule has 0 aliphatic heterocycles. The summed E-state index contributed by atoms with van der Waals surface area (Å²) in [6.07, 6.45) is 0.911. The van der Waals surface area contributed by atoms with Crippen molar-refractivity contribution < 1.29 is 4.74 Å². The molecule has 1 aromatic heterocycles. The molecular formula is C21H33N5O. The molecule has 0 fully saturated rings. The number of nitrogens with one attached hydrogen (secondary N) is 2. The summed E-state index contributed by atoms with van der Waals surface area (Å²) in [5, 5.41) is 11.4. The summed E-state index contributed by atoms with van der Waals surface area (Å²) in [5.74, 6) is 2.03. The second kappa shape index (κ2) is 9.44. The molecule has 2 atom stereocenters.